The fraction of sp³-hybridized carbons (Fsp3) is 0.588. The van der Waals surface area contributed by atoms with Crippen molar-refractivity contribution in [3.63, 3.8) is 0 Å². The number of aromatic nitrogens is 4. The van der Waals surface area contributed by atoms with Gasteiger partial charge in [0.25, 0.3) is 0 Å². The second-order valence-electron chi connectivity index (χ2n) is 6.89. The molecule has 1 heterocycles. The molecule has 2 aliphatic rings. The summed E-state index contributed by atoms with van der Waals surface area (Å²) in [6.45, 7) is 0. The SMILES string of the molecule is O[C@]12CCCC[C@@H]1CCCC2Nc1ccc(-c2nnn[nH]2)cc1. The molecule has 1 unspecified atom stereocenters. The zero-order valence-electron chi connectivity index (χ0n) is 13.2. The van der Waals surface area contributed by atoms with E-state index in [4.69, 9.17) is 0 Å². The van der Waals surface area contributed by atoms with E-state index in [0.717, 1.165) is 30.5 Å². The van der Waals surface area contributed by atoms with E-state index < -0.39 is 5.60 Å². The second kappa shape index (κ2) is 5.92. The molecule has 3 N–H and O–H groups in total. The Bertz CT molecular complexity index is 640. The highest BCUT2D eigenvalue weighted by molar-refractivity contribution is 5.59. The van der Waals surface area contributed by atoms with Crippen molar-refractivity contribution in [3.8, 4) is 11.4 Å². The van der Waals surface area contributed by atoms with Crippen LogP contribution in [0.2, 0.25) is 0 Å². The lowest BCUT2D eigenvalue weighted by atomic mass is 9.65. The molecule has 1 aromatic carbocycles. The molecule has 6 heteroatoms. The predicted octanol–water partition coefficient (Wildman–Crippen LogP) is 2.75. The van der Waals surface area contributed by atoms with Gasteiger partial charge in [0, 0.05) is 11.3 Å². The Morgan fingerprint density at radius 1 is 1.09 bits per heavy atom. The van der Waals surface area contributed by atoms with Crippen LogP contribution in [0, 0.1) is 5.92 Å². The minimum absolute atomic E-state index is 0.152. The van der Waals surface area contributed by atoms with Gasteiger partial charge in [-0.25, -0.2) is 5.10 Å². The van der Waals surface area contributed by atoms with Gasteiger partial charge in [0.15, 0.2) is 5.82 Å². The average molecular weight is 313 g/mol. The summed E-state index contributed by atoms with van der Waals surface area (Å²) in [6.07, 6.45) is 7.92. The zero-order chi connectivity index (χ0) is 15.7. The maximum Gasteiger partial charge on any atom is 0.179 e. The van der Waals surface area contributed by atoms with E-state index in [0.29, 0.717) is 11.7 Å². The van der Waals surface area contributed by atoms with Crippen LogP contribution in [-0.4, -0.2) is 37.4 Å². The van der Waals surface area contributed by atoms with E-state index in [1.54, 1.807) is 0 Å². The molecule has 0 bridgehead atoms. The Morgan fingerprint density at radius 3 is 2.70 bits per heavy atom. The molecule has 4 rings (SSSR count). The fourth-order valence-corrected chi connectivity index (χ4v) is 4.33. The smallest absolute Gasteiger partial charge is 0.179 e. The molecular formula is C17H23N5O. The second-order valence-corrected chi connectivity index (χ2v) is 6.89. The summed E-state index contributed by atoms with van der Waals surface area (Å²) in [7, 11) is 0. The van der Waals surface area contributed by atoms with E-state index in [2.05, 4.69) is 25.9 Å². The van der Waals surface area contributed by atoms with Gasteiger partial charge in [0.05, 0.1) is 11.6 Å². The summed E-state index contributed by atoms with van der Waals surface area (Å²) >= 11 is 0. The Labute approximate surface area is 135 Å². The number of aliphatic hydroxyl groups is 1. The molecule has 0 spiro atoms. The van der Waals surface area contributed by atoms with Gasteiger partial charge in [-0.05, 0) is 66.3 Å². The van der Waals surface area contributed by atoms with Gasteiger partial charge in [-0.3, -0.25) is 0 Å². The number of anilines is 1. The van der Waals surface area contributed by atoms with E-state index in [1.165, 1.54) is 25.7 Å². The fourth-order valence-electron chi connectivity index (χ4n) is 4.33. The number of hydrogen-bond donors (Lipinski definition) is 3. The van der Waals surface area contributed by atoms with Crippen LogP contribution in [0.25, 0.3) is 11.4 Å². The van der Waals surface area contributed by atoms with Crippen LogP contribution >= 0.6 is 0 Å². The van der Waals surface area contributed by atoms with Crippen molar-refractivity contribution < 1.29 is 5.11 Å². The molecular weight excluding hydrogens is 290 g/mol. The molecule has 0 amide bonds. The third-order valence-corrected chi connectivity index (χ3v) is 5.58. The number of rotatable bonds is 3. The minimum Gasteiger partial charge on any atom is -0.387 e. The maximum absolute atomic E-state index is 11.2. The average Bonchev–Trinajstić information content (AvgIpc) is 3.11. The minimum atomic E-state index is -0.538. The lowest BCUT2D eigenvalue weighted by Crippen LogP contribution is -2.56. The van der Waals surface area contributed by atoms with E-state index in [9.17, 15) is 5.11 Å². The molecule has 0 saturated heterocycles. The lowest BCUT2D eigenvalue weighted by Gasteiger charge is -2.49. The van der Waals surface area contributed by atoms with Crippen molar-refractivity contribution in [3.05, 3.63) is 24.3 Å². The van der Waals surface area contributed by atoms with Gasteiger partial charge in [-0.15, -0.1) is 5.10 Å². The molecule has 0 aliphatic heterocycles. The topological polar surface area (TPSA) is 86.7 Å². The number of nitrogens with zero attached hydrogens (tertiary/aromatic N) is 3. The van der Waals surface area contributed by atoms with Crippen molar-refractivity contribution >= 4 is 5.69 Å². The van der Waals surface area contributed by atoms with Crippen molar-refractivity contribution in [2.75, 3.05) is 5.32 Å². The van der Waals surface area contributed by atoms with Crippen molar-refractivity contribution in [1.29, 1.82) is 0 Å². The van der Waals surface area contributed by atoms with Crippen LogP contribution in [-0.2, 0) is 0 Å². The van der Waals surface area contributed by atoms with Crippen LogP contribution in [0.5, 0.6) is 0 Å². The maximum atomic E-state index is 11.2. The summed E-state index contributed by atoms with van der Waals surface area (Å²) in [5, 5.41) is 28.7. The largest absolute Gasteiger partial charge is 0.387 e. The number of hydrogen-bond acceptors (Lipinski definition) is 5. The van der Waals surface area contributed by atoms with Crippen molar-refractivity contribution in [1.82, 2.24) is 20.6 Å². The van der Waals surface area contributed by atoms with Crippen molar-refractivity contribution in [2.24, 2.45) is 5.92 Å². The number of benzene rings is 1. The predicted molar refractivity (Wildman–Crippen MR) is 87.8 cm³/mol. The number of aromatic amines is 1. The molecule has 6 nitrogen and oxygen atoms in total. The molecule has 2 aromatic rings. The monoisotopic (exact) mass is 313 g/mol. The zero-order valence-corrected chi connectivity index (χ0v) is 13.2. The highest BCUT2D eigenvalue weighted by atomic mass is 16.3. The molecule has 2 saturated carbocycles. The van der Waals surface area contributed by atoms with Crippen LogP contribution in [0.15, 0.2) is 24.3 Å². The molecule has 1 aromatic heterocycles. The Hall–Kier alpha value is -1.95. The standard InChI is InChI=1S/C17H23N5O/c23-17-11-2-1-4-13(17)5-3-6-15(17)18-14-9-7-12(8-10-14)16-19-21-22-20-16/h7-10,13,15,18,23H,1-6,11H2,(H,19,20,21,22)/t13-,15?,17-/m1/s1. The van der Waals surface area contributed by atoms with Crippen LogP contribution < -0.4 is 5.32 Å². The van der Waals surface area contributed by atoms with Crippen molar-refractivity contribution in [2.45, 2.75) is 56.6 Å². The van der Waals surface area contributed by atoms with Gasteiger partial charge in [0.2, 0.25) is 0 Å². The first-order valence-corrected chi connectivity index (χ1v) is 8.59. The van der Waals surface area contributed by atoms with E-state index in [-0.39, 0.29) is 6.04 Å². The van der Waals surface area contributed by atoms with Crippen LogP contribution in [0.3, 0.4) is 0 Å². The van der Waals surface area contributed by atoms with Gasteiger partial charge in [0.1, 0.15) is 0 Å². The number of H-pyrrole nitrogens is 1. The highest BCUT2D eigenvalue weighted by Crippen LogP contribution is 2.44. The summed E-state index contributed by atoms with van der Waals surface area (Å²) in [5.41, 5.74) is 1.47. The first-order chi connectivity index (χ1) is 11.3. The highest BCUT2D eigenvalue weighted by Gasteiger charge is 2.47. The quantitative estimate of drug-likeness (QED) is 0.811. The Morgan fingerprint density at radius 2 is 1.91 bits per heavy atom. The summed E-state index contributed by atoms with van der Waals surface area (Å²) in [4.78, 5) is 0. The van der Waals surface area contributed by atoms with Crippen LogP contribution in [0.4, 0.5) is 5.69 Å². The van der Waals surface area contributed by atoms with Gasteiger partial charge < -0.3 is 10.4 Å². The molecule has 3 atom stereocenters. The summed E-state index contributed by atoms with van der Waals surface area (Å²) in [5.74, 6) is 1.13. The van der Waals surface area contributed by atoms with E-state index >= 15 is 0 Å². The molecule has 2 fully saturated rings. The van der Waals surface area contributed by atoms with Gasteiger partial charge in [-0.2, -0.15) is 0 Å². The van der Waals surface area contributed by atoms with E-state index in [1.807, 2.05) is 24.3 Å². The summed E-state index contributed by atoms with van der Waals surface area (Å²) in [6, 6.07) is 8.21. The van der Waals surface area contributed by atoms with Crippen LogP contribution in [0.1, 0.15) is 44.9 Å². The first kappa shape index (κ1) is 14.6. The number of nitrogens with one attached hydrogen (secondary N) is 2. The van der Waals surface area contributed by atoms with Gasteiger partial charge >= 0.3 is 0 Å². The number of tetrazole rings is 1. The molecule has 23 heavy (non-hydrogen) atoms. The molecule has 0 radical (unpaired) electrons. The molecule has 2 aliphatic carbocycles. The molecule has 122 valence electrons. The Kier molecular flexibility index (Phi) is 3.77. The Balaban J connectivity index is 1.50. The third kappa shape index (κ3) is 2.72. The number of fused-ring (bicyclic) bond motifs is 1. The lowest BCUT2D eigenvalue weighted by molar-refractivity contribution is -0.0835. The van der Waals surface area contributed by atoms with Gasteiger partial charge in [-0.1, -0.05) is 19.3 Å². The normalized spacial score (nSPS) is 30.7. The third-order valence-electron chi connectivity index (χ3n) is 5.58. The summed E-state index contributed by atoms with van der Waals surface area (Å²) < 4.78 is 0. The first-order valence-electron chi connectivity index (χ1n) is 8.59.